The van der Waals surface area contributed by atoms with E-state index in [0.29, 0.717) is 12.2 Å². The molecular formula is C23H27N5O2. The average molecular weight is 406 g/mol. The number of fused-ring (bicyclic) bond motifs is 1. The fourth-order valence-electron chi connectivity index (χ4n) is 4.09. The summed E-state index contributed by atoms with van der Waals surface area (Å²) < 4.78 is 7.90. The first kappa shape index (κ1) is 20.3. The van der Waals surface area contributed by atoms with Crippen LogP contribution in [-0.2, 0) is 6.54 Å². The molecule has 0 amide bonds. The Bertz CT molecular complexity index is 1060. The van der Waals surface area contributed by atoms with E-state index < -0.39 is 0 Å². The van der Waals surface area contributed by atoms with E-state index in [-0.39, 0.29) is 12.4 Å². The first-order chi connectivity index (χ1) is 14.7. The van der Waals surface area contributed by atoms with Gasteiger partial charge in [-0.3, -0.25) is 0 Å². The second-order valence-electron chi connectivity index (χ2n) is 7.79. The van der Waals surface area contributed by atoms with Crippen LogP contribution in [0.15, 0.2) is 30.5 Å². The molecule has 156 valence electrons. The number of piperidine rings is 1. The van der Waals surface area contributed by atoms with Crippen molar-refractivity contribution in [3.8, 4) is 23.1 Å². The summed E-state index contributed by atoms with van der Waals surface area (Å²) in [7, 11) is 0. The number of nitriles is 1. The van der Waals surface area contributed by atoms with E-state index >= 15 is 0 Å². The number of hydrogen-bond donors (Lipinski definition) is 2. The van der Waals surface area contributed by atoms with Gasteiger partial charge in [0.2, 0.25) is 5.82 Å². The number of aromatic nitrogens is 3. The monoisotopic (exact) mass is 405 g/mol. The van der Waals surface area contributed by atoms with E-state index in [1.54, 1.807) is 0 Å². The van der Waals surface area contributed by atoms with Crippen LogP contribution >= 0.6 is 0 Å². The maximum Gasteiger partial charge on any atom is 0.234 e. The van der Waals surface area contributed by atoms with E-state index in [4.69, 9.17) is 4.74 Å². The fourth-order valence-corrected chi connectivity index (χ4v) is 4.09. The van der Waals surface area contributed by atoms with Crippen molar-refractivity contribution in [2.24, 2.45) is 5.92 Å². The van der Waals surface area contributed by atoms with Gasteiger partial charge in [0, 0.05) is 23.7 Å². The first-order valence-electron chi connectivity index (χ1n) is 10.5. The highest BCUT2D eigenvalue weighted by atomic mass is 16.5. The number of aliphatic hydroxyl groups is 1. The van der Waals surface area contributed by atoms with E-state index in [9.17, 15) is 10.4 Å². The summed E-state index contributed by atoms with van der Waals surface area (Å²) in [6.45, 7) is 5.41. The molecule has 0 aliphatic carbocycles. The predicted molar refractivity (Wildman–Crippen MR) is 115 cm³/mol. The molecule has 1 fully saturated rings. The lowest BCUT2D eigenvalue weighted by Crippen LogP contribution is -2.28. The Morgan fingerprint density at radius 3 is 2.83 bits per heavy atom. The van der Waals surface area contributed by atoms with Gasteiger partial charge in [0.05, 0.1) is 18.9 Å². The zero-order chi connectivity index (χ0) is 20.9. The summed E-state index contributed by atoms with van der Waals surface area (Å²) in [5, 5.41) is 22.9. The van der Waals surface area contributed by atoms with Crippen LogP contribution in [-0.4, -0.2) is 45.9 Å². The van der Waals surface area contributed by atoms with Crippen LogP contribution in [0.4, 0.5) is 0 Å². The van der Waals surface area contributed by atoms with Crippen molar-refractivity contribution in [3.05, 3.63) is 41.9 Å². The lowest BCUT2D eigenvalue weighted by molar-refractivity contribution is 0.251. The topological polar surface area (TPSA) is 96.0 Å². The maximum atomic E-state index is 9.37. The van der Waals surface area contributed by atoms with Gasteiger partial charge in [0.25, 0.3) is 0 Å². The smallest absolute Gasteiger partial charge is 0.234 e. The standard InChI is InChI=1S/C23H27N5O2/c1-16-14-18(2-3-20(16)30-13-7-17-4-8-25-9-5-17)22-19-6-10-28(11-12-29)23(19)27-21(15-24)26-22/h2-3,6,10,14,17,25,29H,4-5,7-9,11-13H2,1H3. The summed E-state index contributed by atoms with van der Waals surface area (Å²) in [6.07, 6.45) is 5.40. The molecular weight excluding hydrogens is 378 g/mol. The quantitative estimate of drug-likeness (QED) is 0.627. The van der Waals surface area contributed by atoms with Crippen LogP contribution in [0.2, 0.25) is 0 Å². The molecule has 0 atom stereocenters. The molecule has 0 radical (unpaired) electrons. The number of nitrogens with one attached hydrogen (secondary N) is 1. The summed E-state index contributed by atoms with van der Waals surface area (Å²) in [4.78, 5) is 8.80. The van der Waals surface area contributed by atoms with Crippen molar-refractivity contribution < 1.29 is 9.84 Å². The third-order valence-corrected chi connectivity index (χ3v) is 5.75. The van der Waals surface area contributed by atoms with Crippen molar-refractivity contribution in [2.75, 3.05) is 26.3 Å². The molecule has 3 heterocycles. The van der Waals surface area contributed by atoms with E-state index in [0.717, 1.165) is 60.0 Å². The summed E-state index contributed by atoms with van der Waals surface area (Å²) in [5.74, 6) is 1.75. The molecule has 2 N–H and O–H groups in total. The minimum Gasteiger partial charge on any atom is -0.493 e. The molecule has 4 rings (SSSR count). The largest absolute Gasteiger partial charge is 0.493 e. The second-order valence-corrected chi connectivity index (χ2v) is 7.79. The van der Waals surface area contributed by atoms with Crippen LogP contribution in [0, 0.1) is 24.2 Å². The predicted octanol–water partition coefficient (Wildman–Crippen LogP) is 3.04. The highest BCUT2D eigenvalue weighted by Gasteiger charge is 2.15. The van der Waals surface area contributed by atoms with Crippen molar-refractivity contribution in [1.82, 2.24) is 19.9 Å². The normalized spacial score (nSPS) is 14.7. The van der Waals surface area contributed by atoms with Gasteiger partial charge in [-0.2, -0.15) is 5.26 Å². The molecule has 0 bridgehead atoms. The van der Waals surface area contributed by atoms with Crippen molar-refractivity contribution in [3.63, 3.8) is 0 Å². The lowest BCUT2D eigenvalue weighted by atomic mass is 9.95. The van der Waals surface area contributed by atoms with E-state index in [1.165, 1.54) is 12.8 Å². The van der Waals surface area contributed by atoms with Gasteiger partial charge in [-0.25, -0.2) is 9.97 Å². The van der Waals surface area contributed by atoms with Crippen LogP contribution in [0.5, 0.6) is 5.75 Å². The minimum absolute atomic E-state index is 0.00746. The third-order valence-electron chi connectivity index (χ3n) is 5.75. The number of ether oxygens (including phenoxy) is 1. The molecule has 7 heteroatoms. The molecule has 3 aromatic rings. The molecule has 2 aromatic heterocycles. The summed E-state index contributed by atoms with van der Waals surface area (Å²) >= 11 is 0. The second kappa shape index (κ2) is 9.24. The Kier molecular flexibility index (Phi) is 6.26. The average Bonchev–Trinajstić information content (AvgIpc) is 3.18. The molecule has 1 saturated heterocycles. The first-order valence-corrected chi connectivity index (χ1v) is 10.5. The van der Waals surface area contributed by atoms with Crippen LogP contribution in [0.25, 0.3) is 22.3 Å². The van der Waals surface area contributed by atoms with E-state index in [2.05, 4.69) is 15.3 Å². The molecule has 1 aliphatic heterocycles. The van der Waals surface area contributed by atoms with E-state index in [1.807, 2.05) is 48.0 Å². The van der Waals surface area contributed by atoms with Gasteiger partial charge in [0.15, 0.2) is 0 Å². The third kappa shape index (κ3) is 4.30. The van der Waals surface area contributed by atoms with Gasteiger partial charge in [-0.1, -0.05) is 0 Å². The van der Waals surface area contributed by atoms with Crippen LogP contribution in [0.3, 0.4) is 0 Å². The Balaban J connectivity index is 1.56. The zero-order valence-electron chi connectivity index (χ0n) is 17.3. The molecule has 1 aliphatic rings. The molecule has 7 nitrogen and oxygen atoms in total. The number of aliphatic hydroxyl groups excluding tert-OH is 1. The van der Waals surface area contributed by atoms with Crippen molar-refractivity contribution >= 4 is 11.0 Å². The minimum atomic E-state index is 0.00746. The summed E-state index contributed by atoms with van der Waals surface area (Å²) in [5.41, 5.74) is 3.34. The SMILES string of the molecule is Cc1cc(-c2nc(C#N)nc3c2ccn3CCO)ccc1OCCC1CCNCC1. The fraction of sp³-hybridized carbons (Fsp3) is 0.435. The number of rotatable bonds is 7. The highest BCUT2D eigenvalue weighted by Crippen LogP contribution is 2.31. The number of nitrogens with zero attached hydrogens (tertiary/aromatic N) is 4. The molecule has 0 spiro atoms. The summed E-state index contributed by atoms with van der Waals surface area (Å²) in [6, 6.07) is 9.99. The van der Waals surface area contributed by atoms with Gasteiger partial charge < -0.3 is 19.7 Å². The Hall–Kier alpha value is -2.95. The lowest BCUT2D eigenvalue weighted by Gasteiger charge is -2.22. The van der Waals surface area contributed by atoms with Crippen molar-refractivity contribution in [1.29, 1.82) is 5.26 Å². The zero-order valence-corrected chi connectivity index (χ0v) is 17.3. The Morgan fingerprint density at radius 1 is 1.27 bits per heavy atom. The molecule has 30 heavy (non-hydrogen) atoms. The van der Waals surface area contributed by atoms with Crippen LogP contribution in [0.1, 0.15) is 30.7 Å². The van der Waals surface area contributed by atoms with Gasteiger partial charge in [0.1, 0.15) is 17.5 Å². The van der Waals surface area contributed by atoms with Gasteiger partial charge in [-0.05, 0) is 75.0 Å². The molecule has 1 aromatic carbocycles. The van der Waals surface area contributed by atoms with Gasteiger partial charge >= 0.3 is 0 Å². The van der Waals surface area contributed by atoms with Crippen molar-refractivity contribution in [2.45, 2.75) is 32.7 Å². The van der Waals surface area contributed by atoms with Crippen LogP contribution < -0.4 is 10.1 Å². The molecule has 0 unspecified atom stereocenters. The number of aryl methyl sites for hydroxylation is 1. The molecule has 0 saturated carbocycles. The number of benzene rings is 1. The highest BCUT2D eigenvalue weighted by molar-refractivity contribution is 5.91. The number of hydrogen-bond acceptors (Lipinski definition) is 6. The maximum absolute atomic E-state index is 9.37. The Labute approximate surface area is 176 Å². The Morgan fingerprint density at radius 2 is 2.10 bits per heavy atom. The van der Waals surface area contributed by atoms with Gasteiger partial charge in [-0.15, -0.1) is 0 Å².